The number of benzene rings is 1. The highest BCUT2D eigenvalue weighted by atomic mass is 19.1. The molecule has 2 aromatic rings. The van der Waals surface area contributed by atoms with E-state index in [1.165, 1.54) is 12.3 Å². The second-order valence-corrected chi connectivity index (χ2v) is 4.58. The predicted molar refractivity (Wildman–Crippen MR) is 77.1 cm³/mol. The molecule has 1 heterocycles. The third kappa shape index (κ3) is 4.03. The molecule has 0 amide bonds. The number of nitrogens with one attached hydrogen (secondary N) is 1. The van der Waals surface area contributed by atoms with Gasteiger partial charge in [0.15, 0.2) is 0 Å². The Morgan fingerprint density at radius 3 is 2.85 bits per heavy atom. The van der Waals surface area contributed by atoms with Gasteiger partial charge in [-0.1, -0.05) is 12.1 Å². The summed E-state index contributed by atoms with van der Waals surface area (Å²) in [7, 11) is 0. The molecule has 106 valence electrons. The summed E-state index contributed by atoms with van der Waals surface area (Å²) in [5.41, 5.74) is 1.97. The maximum absolute atomic E-state index is 12.8. The minimum absolute atomic E-state index is 0.0614. The molecule has 3 nitrogen and oxygen atoms in total. The molecule has 1 aromatic heterocycles. The zero-order valence-electron chi connectivity index (χ0n) is 11.8. The highest BCUT2D eigenvalue weighted by Gasteiger charge is 2.06. The Morgan fingerprint density at radius 2 is 2.15 bits per heavy atom. The Kier molecular flexibility index (Phi) is 5.07. The molecule has 0 saturated carbocycles. The number of rotatable bonds is 6. The molecule has 0 aliphatic rings. The van der Waals surface area contributed by atoms with Crippen LogP contribution in [0.4, 0.5) is 4.39 Å². The first kappa shape index (κ1) is 14.5. The monoisotopic (exact) mass is 274 g/mol. The van der Waals surface area contributed by atoms with Crippen LogP contribution in [0, 0.1) is 5.82 Å². The molecular weight excluding hydrogens is 255 g/mol. The summed E-state index contributed by atoms with van der Waals surface area (Å²) in [5.74, 6) is 0.560. The number of ether oxygens (including phenoxy) is 1. The van der Waals surface area contributed by atoms with Gasteiger partial charge >= 0.3 is 0 Å². The van der Waals surface area contributed by atoms with Crippen LogP contribution in [-0.4, -0.2) is 11.6 Å². The van der Waals surface area contributed by atoms with Gasteiger partial charge in [-0.3, -0.25) is 4.98 Å². The van der Waals surface area contributed by atoms with Crippen LogP contribution >= 0.6 is 0 Å². The molecule has 1 atom stereocenters. The zero-order chi connectivity index (χ0) is 14.4. The summed E-state index contributed by atoms with van der Waals surface area (Å²) in [5, 5.41) is 3.36. The van der Waals surface area contributed by atoms with Crippen LogP contribution in [0.5, 0.6) is 5.75 Å². The van der Waals surface area contributed by atoms with Crippen molar-refractivity contribution in [2.45, 2.75) is 26.4 Å². The summed E-state index contributed by atoms with van der Waals surface area (Å²) in [6, 6.07) is 11.2. The molecule has 0 aliphatic carbocycles. The fourth-order valence-corrected chi connectivity index (χ4v) is 1.93. The summed E-state index contributed by atoms with van der Waals surface area (Å²) in [6.45, 7) is 5.34. The minimum Gasteiger partial charge on any atom is -0.494 e. The van der Waals surface area contributed by atoms with Gasteiger partial charge in [-0.2, -0.15) is 0 Å². The molecular formula is C16H19FN2O. The summed E-state index contributed by atoms with van der Waals surface area (Å²) in [4.78, 5) is 4.08. The van der Waals surface area contributed by atoms with Gasteiger partial charge in [-0.05, 0) is 43.7 Å². The number of hydrogen-bond acceptors (Lipinski definition) is 3. The largest absolute Gasteiger partial charge is 0.494 e. The molecule has 0 radical (unpaired) electrons. The third-order valence-electron chi connectivity index (χ3n) is 3.02. The number of hydrogen-bond donors (Lipinski definition) is 1. The quantitative estimate of drug-likeness (QED) is 0.875. The maximum atomic E-state index is 12.8. The lowest BCUT2D eigenvalue weighted by Gasteiger charge is -2.14. The molecule has 1 N–H and O–H groups in total. The van der Waals surface area contributed by atoms with Crippen molar-refractivity contribution in [3.05, 3.63) is 59.7 Å². The SMILES string of the molecule is CCOc1cccc(CNC(C)c2ccc(F)cn2)c1. The lowest BCUT2D eigenvalue weighted by Crippen LogP contribution is -2.19. The van der Waals surface area contributed by atoms with Crippen molar-refractivity contribution in [2.24, 2.45) is 0 Å². The normalized spacial score (nSPS) is 12.2. The van der Waals surface area contributed by atoms with E-state index in [0.717, 1.165) is 17.0 Å². The van der Waals surface area contributed by atoms with E-state index in [9.17, 15) is 4.39 Å². The summed E-state index contributed by atoms with van der Waals surface area (Å²) < 4.78 is 18.3. The molecule has 2 rings (SSSR count). The first-order valence-corrected chi connectivity index (χ1v) is 6.75. The van der Waals surface area contributed by atoms with Crippen molar-refractivity contribution >= 4 is 0 Å². The predicted octanol–water partition coefficient (Wildman–Crippen LogP) is 3.47. The van der Waals surface area contributed by atoms with Crippen molar-refractivity contribution in [2.75, 3.05) is 6.61 Å². The maximum Gasteiger partial charge on any atom is 0.141 e. The number of aromatic nitrogens is 1. The van der Waals surface area contributed by atoms with E-state index in [1.807, 2.05) is 38.1 Å². The van der Waals surface area contributed by atoms with Gasteiger partial charge in [0.05, 0.1) is 18.5 Å². The smallest absolute Gasteiger partial charge is 0.141 e. The summed E-state index contributed by atoms with van der Waals surface area (Å²) in [6.07, 6.45) is 1.24. The Hall–Kier alpha value is -1.94. The Bertz CT molecular complexity index is 542. The zero-order valence-corrected chi connectivity index (χ0v) is 11.8. The molecule has 0 aliphatic heterocycles. The summed E-state index contributed by atoms with van der Waals surface area (Å²) >= 11 is 0. The molecule has 0 spiro atoms. The highest BCUT2D eigenvalue weighted by molar-refractivity contribution is 5.28. The lowest BCUT2D eigenvalue weighted by molar-refractivity contribution is 0.339. The van der Waals surface area contributed by atoms with Crippen LogP contribution in [0.2, 0.25) is 0 Å². The van der Waals surface area contributed by atoms with Crippen molar-refractivity contribution in [1.29, 1.82) is 0 Å². The Balaban J connectivity index is 1.94. The van der Waals surface area contributed by atoms with Gasteiger partial charge in [0.2, 0.25) is 0 Å². The lowest BCUT2D eigenvalue weighted by atomic mass is 10.1. The van der Waals surface area contributed by atoms with E-state index in [0.29, 0.717) is 13.2 Å². The molecule has 0 saturated heterocycles. The van der Waals surface area contributed by atoms with Crippen LogP contribution < -0.4 is 10.1 Å². The number of nitrogens with zero attached hydrogens (tertiary/aromatic N) is 1. The number of halogens is 1. The average molecular weight is 274 g/mol. The van der Waals surface area contributed by atoms with Crippen molar-refractivity contribution in [1.82, 2.24) is 10.3 Å². The van der Waals surface area contributed by atoms with Gasteiger partial charge in [0.25, 0.3) is 0 Å². The van der Waals surface area contributed by atoms with E-state index < -0.39 is 0 Å². The van der Waals surface area contributed by atoms with E-state index >= 15 is 0 Å². The number of pyridine rings is 1. The van der Waals surface area contributed by atoms with Crippen molar-refractivity contribution in [3.8, 4) is 5.75 Å². The molecule has 1 unspecified atom stereocenters. The van der Waals surface area contributed by atoms with Crippen LogP contribution in [0.1, 0.15) is 31.1 Å². The van der Waals surface area contributed by atoms with Crippen LogP contribution in [0.25, 0.3) is 0 Å². The Labute approximate surface area is 118 Å². The van der Waals surface area contributed by atoms with E-state index in [2.05, 4.69) is 10.3 Å². The second kappa shape index (κ2) is 7.01. The highest BCUT2D eigenvalue weighted by Crippen LogP contribution is 2.15. The van der Waals surface area contributed by atoms with Crippen LogP contribution in [0.3, 0.4) is 0 Å². The molecule has 0 fully saturated rings. The fraction of sp³-hybridized carbons (Fsp3) is 0.312. The van der Waals surface area contributed by atoms with E-state index in [4.69, 9.17) is 4.74 Å². The minimum atomic E-state index is -0.314. The van der Waals surface area contributed by atoms with Gasteiger partial charge in [-0.25, -0.2) is 4.39 Å². The first-order chi connectivity index (χ1) is 9.69. The third-order valence-corrected chi connectivity index (χ3v) is 3.02. The van der Waals surface area contributed by atoms with Crippen LogP contribution in [-0.2, 0) is 6.54 Å². The van der Waals surface area contributed by atoms with E-state index in [-0.39, 0.29) is 11.9 Å². The molecule has 20 heavy (non-hydrogen) atoms. The van der Waals surface area contributed by atoms with Crippen molar-refractivity contribution in [3.63, 3.8) is 0 Å². The second-order valence-electron chi connectivity index (χ2n) is 4.58. The van der Waals surface area contributed by atoms with Crippen molar-refractivity contribution < 1.29 is 9.13 Å². The van der Waals surface area contributed by atoms with Gasteiger partial charge in [-0.15, -0.1) is 0 Å². The fourth-order valence-electron chi connectivity index (χ4n) is 1.93. The average Bonchev–Trinajstić information content (AvgIpc) is 2.46. The van der Waals surface area contributed by atoms with Crippen LogP contribution in [0.15, 0.2) is 42.6 Å². The van der Waals surface area contributed by atoms with Gasteiger partial charge in [0, 0.05) is 12.6 Å². The van der Waals surface area contributed by atoms with Gasteiger partial charge < -0.3 is 10.1 Å². The Morgan fingerprint density at radius 1 is 1.30 bits per heavy atom. The first-order valence-electron chi connectivity index (χ1n) is 6.75. The molecule has 1 aromatic carbocycles. The molecule has 4 heteroatoms. The van der Waals surface area contributed by atoms with Gasteiger partial charge in [0.1, 0.15) is 11.6 Å². The van der Waals surface area contributed by atoms with E-state index in [1.54, 1.807) is 6.07 Å². The topological polar surface area (TPSA) is 34.1 Å². The molecule has 0 bridgehead atoms. The standard InChI is InChI=1S/C16H19FN2O/c1-3-20-15-6-4-5-13(9-15)10-18-12(2)16-8-7-14(17)11-19-16/h4-9,11-12,18H,3,10H2,1-2H3.